The van der Waals surface area contributed by atoms with Gasteiger partial charge in [-0.1, -0.05) is 78.9 Å². The van der Waals surface area contributed by atoms with Crippen LogP contribution < -0.4 is 9.64 Å². The molecule has 4 nitrogen and oxygen atoms in total. The Morgan fingerprint density at radius 2 is 1.53 bits per heavy atom. The van der Waals surface area contributed by atoms with Gasteiger partial charge in [0.25, 0.3) is 0 Å². The van der Waals surface area contributed by atoms with Gasteiger partial charge in [0.1, 0.15) is 11.4 Å². The number of carbonyl (C=O) groups excluding carboxylic acids is 1. The molecular weight excluding hydrogens is 422 g/mol. The van der Waals surface area contributed by atoms with E-state index >= 15 is 0 Å². The lowest BCUT2D eigenvalue weighted by molar-refractivity contribution is 0.0596. The Morgan fingerprint density at radius 3 is 2.12 bits per heavy atom. The fraction of sp³-hybridized carbons (Fsp3) is 0.233. The number of hydrogen-bond acceptors (Lipinski definition) is 3. The number of nitrogens with zero attached hydrogens (tertiary/aromatic N) is 1. The Morgan fingerprint density at radius 1 is 0.912 bits per heavy atom. The van der Waals surface area contributed by atoms with Gasteiger partial charge in [-0.3, -0.25) is 4.90 Å². The molecule has 0 unspecified atom stereocenters. The Kier molecular flexibility index (Phi) is 8.69. The monoisotopic (exact) mass is 455 g/mol. The molecule has 0 aromatic heterocycles. The molecular formula is C30H33NO3. The molecule has 0 radical (unpaired) electrons. The first-order valence-corrected chi connectivity index (χ1v) is 11.5. The van der Waals surface area contributed by atoms with Crippen LogP contribution in [0.2, 0.25) is 0 Å². The molecule has 1 amide bonds. The molecule has 0 bridgehead atoms. The summed E-state index contributed by atoms with van der Waals surface area (Å²) in [4.78, 5) is 14.6. The zero-order valence-corrected chi connectivity index (χ0v) is 20.3. The topological polar surface area (TPSA) is 38.8 Å². The molecule has 176 valence electrons. The molecule has 34 heavy (non-hydrogen) atoms. The van der Waals surface area contributed by atoms with Crippen molar-refractivity contribution in [3.8, 4) is 5.75 Å². The van der Waals surface area contributed by atoms with Gasteiger partial charge in [-0.25, -0.2) is 4.79 Å². The number of anilines is 1. The van der Waals surface area contributed by atoms with Gasteiger partial charge in [0.05, 0.1) is 12.8 Å². The lowest BCUT2D eigenvalue weighted by atomic mass is 9.95. The number of methoxy groups -OCH3 is 1. The van der Waals surface area contributed by atoms with Gasteiger partial charge in [-0.15, -0.1) is 0 Å². The van der Waals surface area contributed by atoms with Crippen molar-refractivity contribution < 1.29 is 14.3 Å². The molecule has 1 atom stereocenters. The van der Waals surface area contributed by atoms with Crippen LogP contribution >= 0.6 is 0 Å². The van der Waals surface area contributed by atoms with E-state index in [0.29, 0.717) is 5.69 Å². The molecule has 0 fully saturated rings. The molecule has 3 aromatic rings. The second-order valence-corrected chi connectivity index (χ2v) is 8.96. The van der Waals surface area contributed by atoms with Crippen molar-refractivity contribution in [2.75, 3.05) is 12.0 Å². The number of allylic oxidation sites excluding steroid dienone is 2. The van der Waals surface area contributed by atoms with Crippen LogP contribution in [0.25, 0.3) is 6.08 Å². The Balaban J connectivity index is 1.88. The highest BCUT2D eigenvalue weighted by Gasteiger charge is 2.22. The molecule has 0 saturated heterocycles. The highest BCUT2D eigenvalue weighted by atomic mass is 16.6. The molecule has 0 saturated carbocycles. The van der Waals surface area contributed by atoms with E-state index in [1.807, 2.05) is 87.6 Å². The standard InChI is InChI=1S/C30H33NO3/c1-30(2,3)34-29(32)31(27-18-20-28(33-4)21-19-27)23-22-26(25-15-9-6-10-16-25)17-11-14-24-12-7-5-8-13-24/h5-16,18-23,26H,17H2,1-4H3/b14-11+,23-22-/t26-/m0/s1. The van der Waals surface area contributed by atoms with Crippen molar-refractivity contribution >= 4 is 17.9 Å². The molecule has 3 aromatic carbocycles. The summed E-state index contributed by atoms with van der Waals surface area (Å²) < 4.78 is 10.9. The first-order valence-electron chi connectivity index (χ1n) is 11.5. The van der Waals surface area contributed by atoms with E-state index in [1.165, 1.54) is 5.56 Å². The zero-order chi connectivity index (χ0) is 24.4. The minimum absolute atomic E-state index is 0.0874. The molecule has 4 heteroatoms. The van der Waals surface area contributed by atoms with Crippen LogP contribution in [0.1, 0.15) is 44.2 Å². The van der Waals surface area contributed by atoms with Crippen LogP contribution in [0.15, 0.2) is 103 Å². The van der Waals surface area contributed by atoms with Gasteiger partial charge in [-0.2, -0.15) is 0 Å². The van der Waals surface area contributed by atoms with E-state index in [9.17, 15) is 4.79 Å². The number of benzene rings is 3. The first-order chi connectivity index (χ1) is 16.4. The number of rotatable bonds is 8. The van der Waals surface area contributed by atoms with Crippen LogP contribution in [0, 0.1) is 0 Å². The van der Waals surface area contributed by atoms with E-state index < -0.39 is 11.7 Å². The SMILES string of the molecule is COc1ccc(N(/C=C\[C@H](C/C=C/c2ccccc2)c2ccccc2)C(=O)OC(C)(C)C)cc1. The fourth-order valence-corrected chi connectivity index (χ4v) is 3.44. The first kappa shape index (κ1) is 24.8. The fourth-order valence-electron chi connectivity index (χ4n) is 3.44. The smallest absolute Gasteiger partial charge is 0.418 e. The average Bonchev–Trinajstić information content (AvgIpc) is 2.83. The summed E-state index contributed by atoms with van der Waals surface area (Å²) in [7, 11) is 1.62. The average molecular weight is 456 g/mol. The van der Waals surface area contributed by atoms with Crippen LogP contribution in [0.3, 0.4) is 0 Å². The lowest BCUT2D eigenvalue weighted by Gasteiger charge is -2.26. The van der Waals surface area contributed by atoms with Crippen LogP contribution in [0.5, 0.6) is 5.75 Å². The molecule has 0 aliphatic rings. The second kappa shape index (κ2) is 11.9. The number of hydrogen-bond donors (Lipinski definition) is 0. The quantitative estimate of drug-likeness (QED) is 0.347. The molecule has 0 heterocycles. The third-order valence-corrected chi connectivity index (χ3v) is 5.14. The summed E-state index contributed by atoms with van der Waals surface area (Å²) in [5.41, 5.74) is 2.44. The second-order valence-electron chi connectivity index (χ2n) is 8.96. The predicted molar refractivity (Wildman–Crippen MR) is 140 cm³/mol. The summed E-state index contributed by atoms with van der Waals surface area (Å²) in [5, 5.41) is 0. The maximum Gasteiger partial charge on any atom is 0.418 e. The summed E-state index contributed by atoms with van der Waals surface area (Å²) in [6, 6.07) is 27.9. The Hall–Kier alpha value is -3.79. The highest BCUT2D eigenvalue weighted by Crippen LogP contribution is 2.26. The number of amides is 1. The van der Waals surface area contributed by atoms with E-state index in [4.69, 9.17) is 9.47 Å². The number of carbonyl (C=O) groups is 1. The van der Waals surface area contributed by atoms with E-state index in [1.54, 1.807) is 12.0 Å². The Bertz CT molecular complexity index is 1080. The number of ether oxygens (including phenoxy) is 2. The highest BCUT2D eigenvalue weighted by molar-refractivity contribution is 5.90. The van der Waals surface area contributed by atoms with Gasteiger partial charge >= 0.3 is 6.09 Å². The molecule has 0 N–H and O–H groups in total. The predicted octanol–water partition coefficient (Wildman–Crippen LogP) is 7.84. The third-order valence-electron chi connectivity index (χ3n) is 5.14. The van der Waals surface area contributed by atoms with Gasteiger partial charge < -0.3 is 9.47 Å². The van der Waals surface area contributed by atoms with Crippen LogP contribution in [-0.2, 0) is 4.74 Å². The summed E-state index contributed by atoms with van der Waals surface area (Å²) in [5.74, 6) is 0.814. The molecule has 3 rings (SSSR count). The Labute approximate surface area is 203 Å². The van der Waals surface area contributed by atoms with E-state index in [2.05, 4.69) is 42.5 Å². The van der Waals surface area contributed by atoms with Crippen molar-refractivity contribution in [3.63, 3.8) is 0 Å². The van der Waals surface area contributed by atoms with Gasteiger partial charge in [-0.05, 0) is 62.6 Å². The summed E-state index contributed by atoms with van der Waals surface area (Å²) in [6.07, 6.45) is 8.52. The molecule has 0 aliphatic heterocycles. The minimum Gasteiger partial charge on any atom is -0.497 e. The maximum atomic E-state index is 13.1. The van der Waals surface area contributed by atoms with Crippen LogP contribution in [0.4, 0.5) is 10.5 Å². The van der Waals surface area contributed by atoms with Gasteiger partial charge in [0.2, 0.25) is 0 Å². The minimum atomic E-state index is -0.604. The normalized spacial score (nSPS) is 12.6. The van der Waals surface area contributed by atoms with Crippen LogP contribution in [-0.4, -0.2) is 18.8 Å². The summed E-state index contributed by atoms with van der Waals surface area (Å²) in [6.45, 7) is 5.59. The maximum absolute atomic E-state index is 13.1. The van der Waals surface area contributed by atoms with Crippen molar-refractivity contribution in [1.82, 2.24) is 0 Å². The van der Waals surface area contributed by atoms with E-state index in [-0.39, 0.29) is 5.92 Å². The van der Waals surface area contributed by atoms with Gasteiger partial charge in [0.15, 0.2) is 0 Å². The van der Waals surface area contributed by atoms with Crippen molar-refractivity contribution in [3.05, 3.63) is 114 Å². The summed E-state index contributed by atoms with van der Waals surface area (Å²) >= 11 is 0. The van der Waals surface area contributed by atoms with Gasteiger partial charge in [0, 0.05) is 12.1 Å². The third kappa shape index (κ3) is 7.66. The molecule has 0 spiro atoms. The van der Waals surface area contributed by atoms with Crippen molar-refractivity contribution in [2.45, 2.75) is 38.7 Å². The van der Waals surface area contributed by atoms with Crippen molar-refractivity contribution in [1.29, 1.82) is 0 Å². The largest absolute Gasteiger partial charge is 0.497 e. The van der Waals surface area contributed by atoms with Crippen molar-refractivity contribution in [2.24, 2.45) is 0 Å². The molecule has 0 aliphatic carbocycles. The zero-order valence-electron chi connectivity index (χ0n) is 20.3. The van der Waals surface area contributed by atoms with E-state index in [0.717, 1.165) is 17.7 Å². The lowest BCUT2D eigenvalue weighted by Crippen LogP contribution is -2.33.